The Bertz CT molecular complexity index is 683. The molecule has 0 bridgehead atoms. The van der Waals surface area contributed by atoms with Gasteiger partial charge < -0.3 is 9.64 Å². The minimum absolute atomic E-state index is 0.0443. The number of ether oxygens (including phenoxy) is 1. The molecule has 1 aromatic rings. The summed E-state index contributed by atoms with van der Waals surface area (Å²) in [5, 5.41) is 0.185. The molecule has 1 aliphatic rings. The van der Waals surface area contributed by atoms with Crippen molar-refractivity contribution < 1.29 is 17.9 Å². The summed E-state index contributed by atoms with van der Waals surface area (Å²) >= 11 is 12.0. The van der Waals surface area contributed by atoms with Crippen molar-refractivity contribution in [3.8, 4) is 0 Å². The van der Waals surface area contributed by atoms with E-state index in [-0.39, 0.29) is 46.5 Å². The third-order valence-electron chi connectivity index (χ3n) is 3.97. The molecule has 1 heterocycles. The van der Waals surface area contributed by atoms with E-state index in [4.69, 9.17) is 27.9 Å². The number of hydrogen-bond acceptors (Lipinski definition) is 4. The standard InChI is InChI=1S/C15H20Cl2N2O4S/c1-11(23-2)10-14(20)18-6-8-19(9-7-18)24(21,22)15-12(16)4-3-5-13(15)17/h3-5,11H,6-10H2,1-2H3. The van der Waals surface area contributed by atoms with Crippen molar-refractivity contribution in [1.82, 2.24) is 9.21 Å². The Morgan fingerprint density at radius 2 is 1.75 bits per heavy atom. The van der Waals surface area contributed by atoms with Crippen LogP contribution >= 0.6 is 23.2 Å². The van der Waals surface area contributed by atoms with Crippen molar-refractivity contribution in [2.75, 3.05) is 33.3 Å². The maximum absolute atomic E-state index is 12.8. The number of rotatable bonds is 5. The van der Waals surface area contributed by atoms with Gasteiger partial charge in [0.05, 0.1) is 22.6 Å². The summed E-state index contributed by atoms with van der Waals surface area (Å²) in [5.74, 6) is -0.0443. The van der Waals surface area contributed by atoms with Gasteiger partial charge in [0.25, 0.3) is 0 Å². The van der Waals surface area contributed by atoms with Gasteiger partial charge in [-0.2, -0.15) is 4.31 Å². The third-order valence-corrected chi connectivity index (χ3v) is 6.83. The molecule has 1 aromatic carbocycles. The molecular weight excluding hydrogens is 375 g/mol. The zero-order chi connectivity index (χ0) is 17.9. The molecule has 134 valence electrons. The lowest BCUT2D eigenvalue weighted by Crippen LogP contribution is -2.51. The number of nitrogens with zero attached hydrogens (tertiary/aromatic N) is 2. The van der Waals surface area contributed by atoms with Crippen LogP contribution in [0.4, 0.5) is 0 Å². The molecule has 1 atom stereocenters. The molecule has 24 heavy (non-hydrogen) atoms. The van der Waals surface area contributed by atoms with E-state index in [9.17, 15) is 13.2 Å². The number of benzene rings is 1. The largest absolute Gasteiger partial charge is 0.381 e. The smallest absolute Gasteiger partial charge is 0.246 e. The van der Waals surface area contributed by atoms with Crippen molar-refractivity contribution in [3.63, 3.8) is 0 Å². The average Bonchev–Trinajstić information content (AvgIpc) is 2.54. The lowest BCUT2D eigenvalue weighted by Gasteiger charge is -2.34. The predicted molar refractivity (Wildman–Crippen MR) is 92.9 cm³/mol. The number of piperazine rings is 1. The first-order valence-electron chi connectivity index (χ1n) is 7.52. The highest BCUT2D eigenvalue weighted by Crippen LogP contribution is 2.31. The molecule has 0 N–H and O–H groups in total. The maximum Gasteiger partial charge on any atom is 0.246 e. The molecule has 2 rings (SSSR count). The van der Waals surface area contributed by atoms with Crippen LogP contribution in [-0.4, -0.2) is 62.9 Å². The first-order chi connectivity index (χ1) is 11.3. The average molecular weight is 395 g/mol. The molecule has 1 saturated heterocycles. The van der Waals surface area contributed by atoms with E-state index in [1.165, 1.54) is 16.4 Å². The fraction of sp³-hybridized carbons (Fsp3) is 0.533. The maximum atomic E-state index is 12.8. The van der Waals surface area contributed by atoms with Crippen LogP contribution in [0.2, 0.25) is 10.0 Å². The number of halogens is 2. The summed E-state index contributed by atoms with van der Waals surface area (Å²) in [7, 11) is -2.24. The number of carbonyl (C=O) groups is 1. The van der Waals surface area contributed by atoms with E-state index in [1.54, 1.807) is 18.1 Å². The highest BCUT2D eigenvalue weighted by atomic mass is 35.5. The van der Waals surface area contributed by atoms with Gasteiger partial charge in [-0.3, -0.25) is 4.79 Å². The minimum atomic E-state index is -3.79. The van der Waals surface area contributed by atoms with Crippen LogP contribution < -0.4 is 0 Å². The molecule has 0 saturated carbocycles. The van der Waals surface area contributed by atoms with Gasteiger partial charge in [-0.15, -0.1) is 0 Å². The first kappa shape index (κ1) is 19.5. The van der Waals surface area contributed by atoms with E-state index >= 15 is 0 Å². The second-order valence-corrected chi connectivity index (χ2v) is 8.28. The monoisotopic (exact) mass is 394 g/mol. The van der Waals surface area contributed by atoms with Gasteiger partial charge in [0.1, 0.15) is 4.90 Å². The van der Waals surface area contributed by atoms with Gasteiger partial charge in [0, 0.05) is 33.3 Å². The second-order valence-electron chi connectivity index (χ2n) is 5.59. The Hall–Kier alpha value is -0.860. The molecule has 1 amide bonds. The van der Waals surface area contributed by atoms with Crippen LogP contribution in [0.25, 0.3) is 0 Å². The molecule has 9 heteroatoms. The summed E-state index contributed by atoms with van der Waals surface area (Å²) in [6, 6.07) is 4.58. The van der Waals surface area contributed by atoms with Crippen LogP contribution in [0.3, 0.4) is 0 Å². The Labute approximate surface area is 152 Å². The fourth-order valence-corrected chi connectivity index (χ4v) is 5.01. The fourth-order valence-electron chi connectivity index (χ4n) is 2.49. The number of methoxy groups -OCH3 is 1. The van der Waals surface area contributed by atoms with Crippen molar-refractivity contribution in [1.29, 1.82) is 0 Å². The summed E-state index contributed by atoms with van der Waals surface area (Å²) in [6.45, 7) is 2.89. The zero-order valence-electron chi connectivity index (χ0n) is 13.5. The van der Waals surface area contributed by atoms with Crippen molar-refractivity contribution >= 4 is 39.1 Å². The SMILES string of the molecule is COC(C)CC(=O)N1CCN(S(=O)(=O)c2c(Cl)cccc2Cl)CC1. The van der Waals surface area contributed by atoms with Crippen molar-refractivity contribution in [2.24, 2.45) is 0 Å². The molecule has 0 radical (unpaired) electrons. The van der Waals surface area contributed by atoms with Gasteiger partial charge in [-0.05, 0) is 19.1 Å². The first-order valence-corrected chi connectivity index (χ1v) is 9.71. The third kappa shape index (κ3) is 4.21. The molecular formula is C15H20Cl2N2O4S. The molecule has 0 spiro atoms. The van der Waals surface area contributed by atoms with E-state index in [0.29, 0.717) is 13.1 Å². The lowest BCUT2D eigenvalue weighted by molar-refractivity contribution is -0.134. The highest BCUT2D eigenvalue weighted by Gasteiger charge is 2.33. The second kappa shape index (κ2) is 8.01. The predicted octanol–water partition coefficient (Wildman–Crippen LogP) is 2.25. The van der Waals surface area contributed by atoms with Gasteiger partial charge in [0.2, 0.25) is 15.9 Å². The van der Waals surface area contributed by atoms with E-state index < -0.39 is 10.0 Å². The molecule has 0 aliphatic carbocycles. The molecule has 1 aliphatic heterocycles. The van der Waals surface area contributed by atoms with Crippen LogP contribution in [0, 0.1) is 0 Å². The number of sulfonamides is 1. The molecule has 1 unspecified atom stereocenters. The summed E-state index contributed by atoms with van der Waals surface area (Å²) in [4.78, 5) is 13.7. The Balaban J connectivity index is 2.08. The Kier molecular flexibility index (Phi) is 6.50. The van der Waals surface area contributed by atoms with Gasteiger partial charge in [-0.25, -0.2) is 8.42 Å². The van der Waals surface area contributed by atoms with Crippen molar-refractivity contribution in [3.05, 3.63) is 28.2 Å². The van der Waals surface area contributed by atoms with Crippen molar-refractivity contribution in [2.45, 2.75) is 24.3 Å². The molecule has 0 aromatic heterocycles. The number of carbonyl (C=O) groups excluding carboxylic acids is 1. The topological polar surface area (TPSA) is 66.9 Å². The number of hydrogen-bond donors (Lipinski definition) is 0. The van der Waals surface area contributed by atoms with E-state index in [1.807, 2.05) is 6.92 Å². The normalized spacial score (nSPS) is 17.8. The Morgan fingerprint density at radius 1 is 1.21 bits per heavy atom. The summed E-state index contributed by atoms with van der Waals surface area (Å²) in [6.07, 6.45) is 0.112. The molecule has 1 fully saturated rings. The van der Waals surface area contributed by atoms with Crippen LogP contribution in [0.15, 0.2) is 23.1 Å². The quantitative estimate of drug-likeness (QED) is 0.767. The lowest BCUT2D eigenvalue weighted by atomic mass is 10.2. The van der Waals surface area contributed by atoms with Crippen LogP contribution in [0.1, 0.15) is 13.3 Å². The van der Waals surface area contributed by atoms with Gasteiger partial charge in [0.15, 0.2) is 0 Å². The van der Waals surface area contributed by atoms with E-state index in [0.717, 1.165) is 0 Å². The summed E-state index contributed by atoms with van der Waals surface area (Å²) < 4.78 is 31.9. The minimum Gasteiger partial charge on any atom is -0.381 e. The molecule has 6 nitrogen and oxygen atoms in total. The Morgan fingerprint density at radius 3 is 2.25 bits per heavy atom. The number of amides is 1. The zero-order valence-corrected chi connectivity index (χ0v) is 15.9. The summed E-state index contributed by atoms with van der Waals surface area (Å²) in [5.41, 5.74) is 0. The highest BCUT2D eigenvalue weighted by molar-refractivity contribution is 7.89. The van der Waals surface area contributed by atoms with Gasteiger partial charge in [-0.1, -0.05) is 29.3 Å². The van der Waals surface area contributed by atoms with Crippen LogP contribution in [0.5, 0.6) is 0 Å². The van der Waals surface area contributed by atoms with E-state index in [2.05, 4.69) is 0 Å². The van der Waals surface area contributed by atoms with Gasteiger partial charge >= 0.3 is 0 Å². The van der Waals surface area contributed by atoms with Crippen LogP contribution in [-0.2, 0) is 19.6 Å².